The van der Waals surface area contributed by atoms with E-state index in [1.54, 1.807) is 0 Å². The second kappa shape index (κ2) is 6.67. The number of ether oxygens (including phenoxy) is 1. The topological polar surface area (TPSA) is 45.7 Å². The van der Waals surface area contributed by atoms with Crippen LogP contribution in [0.2, 0.25) is 0 Å². The molecule has 5 heteroatoms. The maximum Gasteiger partial charge on any atom is 0.410 e. The minimum atomic E-state index is -0.456. The molecule has 3 rings (SSSR count). The average molecular weight is 327 g/mol. The summed E-state index contributed by atoms with van der Waals surface area (Å²) in [6.45, 7) is 8.79. The first kappa shape index (κ1) is 16.6. The third-order valence-electron chi connectivity index (χ3n) is 4.10. The fourth-order valence-electron chi connectivity index (χ4n) is 3.01. The molecule has 24 heavy (non-hydrogen) atoms. The number of nitrogens with zero attached hydrogens (tertiary/aromatic N) is 3. The van der Waals surface area contributed by atoms with Gasteiger partial charge in [-0.2, -0.15) is 0 Å². The summed E-state index contributed by atoms with van der Waals surface area (Å²) < 4.78 is 5.50. The maximum absolute atomic E-state index is 12.3. The van der Waals surface area contributed by atoms with Gasteiger partial charge in [0.05, 0.1) is 11.2 Å². The number of amides is 1. The normalized spacial score (nSPS) is 16.1. The Balaban J connectivity index is 1.75. The molecule has 1 fully saturated rings. The van der Waals surface area contributed by atoms with Gasteiger partial charge in [0.15, 0.2) is 0 Å². The molecule has 0 unspecified atom stereocenters. The molecular formula is C19H25N3O2. The number of carbonyl (C=O) groups excluding carboxylic acids is 1. The van der Waals surface area contributed by atoms with E-state index in [9.17, 15) is 4.79 Å². The summed E-state index contributed by atoms with van der Waals surface area (Å²) in [7, 11) is 0. The summed E-state index contributed by atoms with van der Waals surface area (Å²) in [4.78, 5) is 21.0. The number of anilines is 1. The van der Waals surface area contributed by atoms with Crippen LogP contribution in [0.4, 0.5) is 10.5 Å². The zero-order chi connectivity index (χ0) is 17.2. The fraction of sp³-hybridized carbons (Fsp3) is 0.474. The monoisotopic (exact) mass is 327 g/mol. The van der Waals surface area contributed by atoms with Gasteiger partial charge < -0.3 is 14.5 Å². The second-order valence-corrected chi connectivity index (χ2v) is 7.16. The molecular weight excluding hydrogens is 302 g/mol. The van der Waals surface area contributed by atoms with Crippen molar-refractivity contribution >= 4 is 22.7 Å². The zero-order valence-electron chi connectivity index (χ0n) is 14.7. The van der Waals surface area contributed by atoms with Crippen molar-refractivity contribution in [2.75, 3.05) is 31.1 Å². The van der Waals surface area contributed by atoms with E-state index in [1.807, 2.05) is 37.9 Å². The first-order chi connectivity index (χ1) is 11.4. The van der Waals surface area contributed by atoms with Gasteiger partial charge in [0.2, 0.25) is 0 Å². The predicted octanol–water partition coefficient (Wildman–Crippen LogP) is 3.68. The Kier molecular flexibility index (Phi) is 4.60. The van der Waals surface area contributed by atoms with Crippen molar-refractivity contribution < 1.29 is 9.53 Å². The summed E-state index contributed by atoms with van der Waals surface area (Å²) >= 11 is 0. The van der Waals surface area contributed by atoms with Crippen molar-refractivity contribution in [2.24, 2.45) is 0 Å². The number of rotatable bonds is 1. The van der Waals surface area contributed by atoms with Gasteiger partial charge in [0.25, 0.3) is 0 Å². The number of carbonyl (C=O) groups is 1. The Hall–Kier alpha value is -2.30. The van der Waals surface area contributed by atoms with Crippen molar-refractivity contribution in [2.45, 2.75) is 32.8 Å². The van der Waals surface area contributed by atoms with E-state index in [-0.39, 0.29) is 6.09 Å². The summed E-state index contributed by atoms with van der Waals surface area (Å²) in [6, 6.07) is 10.3. The largest absolute Gasteiger partial charge is 0.444 e. The Morgan fingerprint density at radius 3 is 2.67 bits per heavy atom. The first-order valence-corrected chi connectivity index (χ1v) is 8.51. The van der Waals surface area contributed by atoms with Crippen LogP contribution in [0, 0.1) is 0 Å². The van der Waals surface area contributed by atoms with Crippen LogP contribution in [0.3, 0.4) is 0 Å². The maximum atomic E-state index is 12.3. The van der Waals surface area contributed by atoms with Crippen LogP contribution in [-0.4, -0.2) is 47.8 Å². The van der Waals surface area contributed by atoms with E-state index >= 15 is 0 Å². The predicted molar refractivity (Wildman–Crippen MR) is 96.4 cm³/mol. The quantitative estimate of drug-likeness (QED) is 0.801. The molecule has 1 aromatic carbocycles. The van der Waals surface area contributed by atoms with Gasteiger partial charge >= 0.3 is 6.09 Å². The number of hydrogen-bond donors (Lipinski definition) is 0. The zero-order valence-corrected chi connectivity index (χ0v) is 14.7. The van der Waals surface area contributed by atoms with Crippen molar-refractivity contribution in [3.05, 3.63) is 36.5 Å². The number of benzene rings is 1. The molecule has 1 saturated heterocycles. The fourth-order valence-corrected chi connectivity index (χ4v) is 3.01. The summed E-state index contributed by atoms with van der Waals surface area (Å²) in [5.74, 6) is 0. The van der Waals surface area contributed by atoms with Crippen molar-refractivity contribution in [3.63, 3.8) is 0 Å². The highest BCUT2D eigenvalue weighted by Crippen LogP contribution is 2.26. The summed E-state index contributed by atoms with van der Waals surface area (Å²) in [6.07, 6.45) is 2.53. The molecule has 5 nitrogen and oxygen atoms in total. The molecule has 1 aliphatic heterocycles. The van der Waals surface area contributed by atoms with Gasteiger partial charge in [0.1, 0.15) is 5.60 Å². The molecule has 0 N–H and O–H groups in total. The van der Waals surface area contributed by atoms with Crippen LogP contribution in [0.15, 0.2) is 36.5 Å². The second-order valence-electron chi connectivity index (χ2n) is 7.16. The SMILES string of the molecule is CC(C)(C)OC(=O)N1CCCN(c2cccc3cccnc23)CC1. The molecule has 128 valence electrons. The molecule has 0 atom stereocenters. The lowest BCUT2D eigenvalue weighted by Gasteiger charge is -2.27. The summed E-state index contributed by atoms with van der Waals surface area (Å²) in [5, 5.41) is 1.14. The van der Waals surface area contributed by atoms with E-state index in [4.69, 9.17) is 4.74 Å². The van der Waals surface area contributed by atoms with Gasteiger partial charge in [-0.25, -0.2) is 4.79 Å². The van der Waals surface area contributed by atoms with Crippen molar-refractivity contribution in [1.29, 1.82) is 0 Å². The number of pyridine rings is 1. The van der Waals surface area contributed by atoms with Crippen LogP contribution >= 0.6 is 0 Å². The Labute approximate surface area is 143 Å². The molecule has 0 saturated carbocycles. The van der Waals surface area contributed by atoms with E-state index in [1.165, 1.54) is 0 Å². The van der Waals surface area contributed by atoms with Crippen LogP contribution < -0.4 is 4.90 Å². The standard InChI is InChI=1S/C19H25N3O2/c1-19(2,3)24-18(23)22-12-6-11-21(13-14-22)16-9-4-7-15-8-5-10-20-17(15)16/h4-5,7-10H,6,11-14H2,1-3H3. The van der Waals surface area contributed by atoms with Crippen LogP contribution in [0.25, 0.3) is 10.9 Å². The molecule has 2 aromatic rings. The number of aromatic nitrogens is 1. The van der Waals surface area contributed by atoms with Gasteiger partial charge in [-0.3, -0.25) is 4.98 Å². The summed E-state index contributed by atoms with van der Waals surface area (Å²) in [5.41, 5.74) is 1.70. The van der Waals surface area contributed by atoms with Crippen molar-refractivity contribution in [3.8, 4) is 0 Å². The highest BCUT2D eigenvalue weighted by Gasteiger charge is 2.25. The van der Waals surface area contributed by atoms with E-state index < -0.39 is 5.60 Å². The molecule has 0 spiro atoms. The molecule has 1 aliphatic rings. The number of para-hydroxylation sites is 1. The molecule has 0 bridgehead atoms. The molecule has 2 heterocycles. The average Bonchev–Trinajstić information content (AvgIpc) is 2.79. The minimum absolute atomic E-state index is 0.222. The molecule has 0 radical (unpaired) electrons. The minimum Gasteiger partial charge on any atom is -0.444 e. The van der Waals surface area contributed by atoms with Crippen molar-refractivity contribution in [1.82, 2.24) is 9.88 Å². The smallest absolute Gasteiger partial charge is 0.410 e. The van der Waals surface area contributed by atoms with Gasteiger partial charge in [-0.05, 0) is 39.3 Å². The van der Waals surface area contributed by atoms with E-state index in [0.717, 1.165) is 42.6 Å². The lowest BCUT2D eigenvalue weighted by Crippen LogP contribution is -2.39. The van der Waals surface area contributed by atoms with Gasteiger partial charge in [-0.1, -0.05) is 18.2 Å². The lowest BCUT2D eigenvalue weighted by atomic mass is 10.1. The lowest BCUT2D eigenvalue weighted by molar-refractivity contribution is 0.0263. The Bertz CT molecular complexity index is 719. The van der Waals surface area contributed by atoms with Gasteiger partial charge in [0, 0.05) is 37.8 Å². The van der Waals surface area contributed by atoms with E-state index in [2.05, 4.69) is 34.1 Å². The number of hydrogen-bond acceptors (Lipinski definition) is 4. The van der Waals surface area contributed by atoms with Crippen LogP contribution in [-0.2, 0) is 4.74 Å². The molecule has 1 amide bonds. The number of fused-ring (bicyclic) bond motifs is 1. The third kappa shape index (κ3) is 3.78. The molecule has 1 aromatic heterocycles. The van der Waals surface area contributed by atoms with Crippen LogP contribution in [0.1, 0.15) is 27.2 Å². The highest BCUT2D eigenvalue weighted by atomic mass is 16.6. The van der Waals surface area contributed by atoms with Gasteiger partial charge in [-0.15, -0.1) is 0 Å². The first-order valence-electron chi connectivity index (χ1n) is 8.51. The Morgan fingerprint density at radius 2 is 1.88 bits per heavy atom. The van der Waals surface area contributed by atoms with E-state index in [0.29, 0.717) is 6.54 Å². The van der Waals surface area contributed by atoms with Crippen LogP contribution in [0.5, 0.6) is 0 Å². The highest BCUT2D eigenvalue weighted by molar-refractivity contribution is 5.90. The third-order valence-corrected chi connectivity index (χ3v) is 4.10. The molecule has 0 aliphatic carbocycles. The Morgan fingerprint density at radius 1 is 1.08 bits per heavy atom.